The van der Waals surface area contributed by atoms with Gasteiger partial charge in [0, 0.05) is 31.2 Å². The monoisotopic (exact) mass is 281 g/mol. The average molecular weight is 281 g/mol. The van der Waals surface area contributed by atoms with Gasteiger partial charge >= 0.3 is 0 Å². The molecule has 0 saturated carbocycles. The first-order valence-corrected chi connectivity index (χ1v) is 6.54. The third kappa shape index (κ3) is 3.00. The minimum Gasteiger partial charge on any atom is -0.481 e. The van der Waals surface area contributed by atoms with Gasteiger partial charge in [0.1, 0.15) is 0 Å². The van der Waals surface area contributed by atoms with Gasteiger partial charge in [-0.2, -0.15) is 4.98 Å². The summed E-state index contributed by atoms with van der Waals surface area (Å²) in [7, 11) is 1.58. The fraction of sp³-hybridized carbons (Fsp3) is 0.133. The maximum atomic E-state index is 5.09. The van der Waals surface area contributed by atoms with Crippen LogP contribution in [0.15, 0.2) is 55.2 Å². The van der Waals surface area contributed by atoms with Crippen molar-refractivity contribution in [3.05, 3.63) is 60.8 Å². The van der Waals surface area contributed by atoms with Crippen LogP contribution in [-0.2, 0) is 6.54 Å². The maximum Gasteiger partial charge on any atom is 0.226 e. The van der Waals surface area contributed by atoms with Crippen molar-refractivity contribution in [3.8, 4) is 11.6 Å². The van der Waals surface area contributed by atoms with Gasteiger partial charge in [0.05, 0.1) is 19.1 Å². The number of nitrogens with one attached hydrogen (secondary N) is 1. The minimum absolute atomic E-state index is 0.537. The lowest BCUT2D eigenvalue weighted by molar-refractivity contribution is 0.397. The first-order valence-electron chi connectivity index (χ1n) is 6.54. The number of benzene rings is 1. The molecule has 1 N–H and O–H groups in total. The highest BCUT2D eigenvalue weighted by Gasteiger charge is 2.05. The number of rotatable bonds is 5. The van der Waals surface area contributed by atoms with E-state index in [0.29, 0.717) is 18.4 Å². The van der Waals surface area contributed by atoms with Crippen LogP contribution in [0.3, 0.4) is 0 Å². The molecule has 106 valence electrons. The number of methoxy groups -OCH3 is 1. The van der Waals surface area contributed by atoms with E-state index in [9.17, 15) is 0 Å². The third-order valence-electron chi connectivity index (χ3n) is 3.05. The Morgan fingerprint density at radius 1 is 1.19 bits per heavy atom. The summed E-state index contributed by atoms with van der Waals surface area (Å²) < 4.78 is 7.06. The van der Waals surface area contributed by atoms with E-state index in [4.69, 9.17) is 4.74 Å². The topological polar surface area (TPSA) is 64.9 Å². The number of ether oxygens (including phenoxy) is 1. The molecule has 6 heteroatoms. The molecular weight excluding hydrogens is 266 g/mol. The summed E-state index contributed by atoms with van der Waals surface area (Å²) in [5, 5.41) is 3.20. The van der Waals surface area contributed by atoms with Crippen molar-refractivity contribution in [2.45, 2.75) is 6.54 Å². The number of para-hydroxylation sites is 1. The van der Waals surface area contributed by atoms with Gasteiger partial charge in [-0.15, -0.1) is 0 Å². The summed E-state index contributed by atoms with van der Waals surface area (Å²) in [5.74, 6) is 1.07. The summed E-state index contributed by atoms with van der Waals surface area (Å²) in [4.78, 5) is 12.5. The van der Waals surface area contributed by atoms with E-state index in [-0.39, 0.29) is 0 Å². The summed E-state index contributed by atoms with van der Waals surface area (Å²) in [6.45, 7) is 0.613. The van der Waals surface area contributed by atoms with Gasteiger partial charge in [-0.25, -0.2) is 9.97 Å². The predicted molar refractivity (Wildman–Crippen MR) is 79.5 cm³/mol. The number of hydrogen-bond donors (Lipinski definition) is 1. The van der Waals surface area contributed by atoms with Crippen LogP contribution in [0, 0.1) is 0 Å². The molecule has 0 spiro atoms. The van der Waals surface area contributed by atoms with Crippen LogP contribution in [0.2, 0.25) is 0 Å². The van der Waals surface area contributed by atoms with Gasteiger partial charge in [0.25, 0.3) is 0 Å². The number of imidazole rings is 1. The molecule has 21 heavy (non-hydrogen) atoms. The molecule has 0 atom stereocenters. The highest BCUT2D eigenvalue weighted by molar-refractivity contribution is 5.43. The van der Waals surface area contributed by atoms with Gasteiger partial charge < -0.3 is 14.6 Å². The molecule has 0 aliphatic rings. The van der Waals surface area contributed by atoms with Gasteiger partial charge in [-0.1, -0.05) is 18.2 Å². The van der Waals surface area contributed by atoms with E-state index in [1.54, 1.807) is 31.9 Å². The highest BCUT2D eigenvalue weighted by Crippen LogP contribution is 2.15. The summed E-state index contributed by atoms with van der Waals surface area (Å²) in [5.41, 5.74) is 2.20. The van der Waals surface area contributed by atoms with Crippen molar-refractivity contribution < 1.29 is 4.74 Å². The quantitative estimate of drug-likeness (QED) is 0.777. The van der Waals surface area contributed by atoms with Crippen molar-refractivity contribution in [1.29, 1.82) is 0 Å². The Hall–Kier alpha value is -2.89. The van der Waals surface area contributed by atoms with Gasteiger partial charge in [-0.3, -0.25) is 0 Å². The zero-order valence-corrected chi connectivity index (χ0v) is 11.6. The van der Waals surface area contributed by atoms with Crippen LogP contribution in [0.25, 0.3) is 5.69 Å². The maximum absolute atomic E-state index is 5.09. The molecule has 0 amide bonds. The highest BCUT2D eigenvalue weighted by atomic mass is 16.5. The van der Waals surface area contributed by atoms with Gasteiger partial charge in [0.15, 0.2) is 0 Å². The van der Waals surface area contributed by atoms with Crippen LogP contribution in [0.4, 0.5) is 5.95 Å². The summed E-state index contributed by atoms with van der Waals surface area (Å²) >= 11 is 0. The first kappa shape index (κ1) is 13.1. The number of nitrogens with zero attached hydrogens (tertiary/aromatic N) is 4. The molecule has 1 aromatic carbocycles. The normalized spacial score (nSPS) is 10.3. The first-order chi connectivity index (χ1) is 10.4. The van der Waals surface area contributed by atoms with Crippen LogP contribution < -0.4 is 10.1 Å². The Morgan fingerprint density at radius 2 is 2.10 bits per heavy atom. The van der Waals surface area contributed by atoms with Crippen molar-refractivity contribution in [1.82, 2.24) is 19.5 Å². The lowest BCUT2D eigenvalue weighted by atomic mass is 10.1. The van der Waals surface area contributed by atoms with Crippen molar-refractivity contribution >= 4 is 5.95 Å². The summed E-state index contributed by atoms with van der Waals surface area (Å²) in [6.07, 6.45) is 7.12. The molecule has 0 aliphatic heterocycles. The molecule has 3 rings (SSSR count). The SMILES string of the molecule is COc1ccnc(NCc2ccccc2-n2ccnc2)n1. The Labute approximate surface area is 122 Å². The largest absolute Gasteiger partial charge is 0.481 e. The van der Waals surface area contributed by atoms with E-state index >= 15 is 0 Å². The Morgan fingerprint density at radius 3 is 2.90 bits per heavy atom. The summed E-state index contributed by atoms with van der Waals surface area (Å²) in [6, 6.07) is 9.82. The average Bonchev–Trinajstić information content (AvgIpc) is 3.08. The second kappa shape index (κ2) is 6.04. The Balaban J connectivity index is 1.79. The molecule has 0 radical (unpaired) electrons. The number of anilines is 1. The molecule has 3 aromatic rings. The van der Waals surface area contributed by atoms with E-state index in [0.717, 1.165) is 11.3 Å². The molecule has 0 unspecified atom stereocenters. The van der Waals surface area contributed by atoms with Crippen LogP contribution in [0.5, 0.6) is 5.88 Å². The lowest BCUT2D eigenvalue weighted by Crippen LogP contribution is -2.07. The molecule has 0 fully saturated rings. The van der Waals surface area contributed by atoms with E-state index < -0.39 is 0 Å². The van der Waals surface area contributed by atoms with Crippen LogP contribution >= 0.6 is 0 Å². The standard InChI is InChI=1S/C15H15N5O/c1-21-14-6-7-17-15(19-14)18-10-12-4-2-3-5-13(12)20-9-8-16-11-20/h2-9,11H,10H2,1H3,(H,17,18,19). The zero-order valence-electron chi connectivity index (χ0n) is 11.6. The molecule has 2 aromatic heterocycles. The fourth-order valence-electron chi connectivity index (χ4n) is 2.03. The third-order valence-corrected chi connectivity index (χ3v) is 3.05. The molecule has 0 saturated heterocycles. The van der Waals surface area contributed by atoms with E-state index in [1.165, 1.54) is 0 Å². The van der Waals surface area contributed by atoms with Crippen molar-refractivity contribution in [3.63, 3.8) is 0 Å². The molecule has 0 aliphatic carbocycles. The zero-order chi connectivity index (χ0) is 14.5. The van der Waals surface area contributed by atoms with Crippen molar-refractivity contribution in [2.75, 3.05) is 12.4 Å². The lowest BCUT2D eigenvalue weighted by Gasteiger charge is -2.11. The minimum atomic E-state index is 0.537. The van der Waals surface area contributed by atoms with Crippen molar-refractivity contribution in [2.24, 2.45) is 0 Å². The van der Waals surface area contributed by atoms with Crippen LogP contribution in [0.1, 0.15) is 5.56 Å². The molecule has 2 heterocycles. The number of hydrogen-bond acceptors (Lipinski definition) is 5. The second-order valence-corrected chi connectivity index (χ2v) is 4.37. The Kier molecular flexibility index (Phi) is 3.77. The van der Waals surface area contributed by atoms with Gasteiger partial charge in [0.2, 0.25) is 11.8 Å². The smallest absolute Gasteiger partial charge is 0.226 e. The Bertz CT molecular complexity index is 712. The molecule has 6 nitrogen and oxygen atoms in total. The van der Waals surface area contributed by atoms with Gasteiger partial charge in [-0.05, 0) is 11.6 Å². The fourth-order valence-corrected chi connectivity index (χ4v) is 2.03. The van der Waals surface area contributed by atoms with E-state index in [1.807, 2.05) is 29.0 Å². The second-order valence-electron chi connectivity index (χ2n) is 4.37. The molecular formula is C15H15N5O. The van der Waals surface area contributed by atoms with E-state index in [2.05, 4.69) is 26.3 Å². The van der Waals surface area contributed by atoms with Crippen LogP contribution in [-0.4, -0.2) is 26.6 Å². The number of aromatic nitrogens is 4. The molecule has 0 bridgehead atoms. The predicted octanol–water partition coefficient (Wildman–Crippen LogP) is 2.28.